The Kier molecular flexibility index (Phi) is 5.97. The number of amides is 2. The van der Waals surface area contributed by atoms with Crippen LogP contribution >= 0.6 is 0 Å². The van der Waals surface area contributed by atoms with Gasteiger partial charge in [0.15, 0.2) is 0 Å². The third-order valence-corrected chi connectivity index (χ3v) is 3.25. The Balaban J connectivity index is 2.80. The van der Waals surface area contributed by atoms with Crippen molar-refractivity contribution in [2.75, 3.05) is 18.0 Å². The summed E-state index contributed by atoms with van der Waals surface area (Å²) >= 11 is 0. The van der Waals surface area contributed by atoms with Crippen LogP contribution in [0.5, 0.6) is 0 Å². The zero-order valence-electron chi connectivity index (χ0n) is 12.4. The normalized spacial score (nSPS) is 9.95. The Bertz CT molecular complexity index is 509. The number of hydrogen-bond donors (Lipinski definition) is 1. The zero-order chi connectivity index (χ0) is 15.1. The van der Waals surface area contributed by atoms with Gasteiger partial charge in [-0.3, -0.25) is 9.59 Å². The molecule has 20 heavy (non-hydrogen) atoms. The van der Waals surface area contributed by atoms with E-state index in [0.717, 1.165) is 16.8 Å². The second-order valence-electron chi connectivity index (χ2n) is 4.73. The van der Waals surface area contributed by atoms with Crippen LogP contribution in [0.2, 0.25) is 0 Å². The largest absolute Gasteiger partial charge is 0.353 e. The average Bonchev–Trinajstić information content (AvgIpc) is 2.40. The van der Waals surface area contributed by atoms with E-state index in [0.29, 0.717) is 13.1 Å². The smallest absolute Gasteiger partial charge is 0.223 e. The number of hydrogen-bond acceptors (Lipinski definition) is 2. The highest BCUT2D eigenvalue weighted by Crippen LogP contribution is 2.23. The molecule has 0 aliphatic carbocycles. The predicted molar refractivity (Wildman–Crippen MR) is 81.8 cm³/mol. The molecule has 1 aromatic rings. The molecule has 0 heterocycles. The number of aryl methyl sites for hydroxylation is 1. The standard InChI is InChI=1S/C16H22N2O2/c1-5-10-17-16(20)9-11-18(14(4)19)15-8-6-7-12(2)13(15)3/h5-8H,1,9-11H2,2-4H3,(H,17,20). The van der Waals surface area contributed by atoms with Crippen molar-refractivity contribution in [2.45, 2.75) is 27.2 Å². The summed E-state index contributed by atoms with van der Waals surface area (Å²) in [7, 11) is 0. The van der Waals surface area contributed by atoms with Crippen molar-refractivity contribution in [3.05, 3.63) is 42.0 Å². The van der Waals surface area contributed by atoms with Crippen LogP contribution in [0.1, 0.15) is 24.5 Å². The van der Waals surface area contributed by atoms with Crippen molar-refractivity contribution in [3.8, 4) is 0 Å². The third-order valence-electron chi connectivity index (χ3n) is 3.25. The van der Waals surface area contributed by atoms with E-state index < -0.39 is 0 Å². The highest BCUT2D eigenvalue weighted by Gasteiger charge is 2.15. The molecule has 0 unspecified atom stereocenters. The van der Waals surface area contributed by atoms with Gasteiger partial charge in [-0.2, -0.15) is 0 Å². The summed E-state index contributed by atoms with van der Waals surface area (Å²) in [6.07, 6.45) is 1.91. The van der Waals surface area contributed by atoms with Gasteiger partial charge in [0.1, 0.15) is 0 Å². The van der Waals surface area contributed by atoms with Crippen LogP contribution in [0.15, 0.2) is 30.9 Å². The molecule has 0 aliphatic rings. The third kappa shape index (κ3) is 4.23. The van der Waals surface area contributed by atoms with Crippen molar-refractivity contribution >= 4 is 17.5 Å². The van der Waals surface area contributed by atoms with Crippen LogP contribution in [0, 0.1) is 13.8 Å². The molecular weight excluding hydrogens is 252 g/mol. The lowest BCUT2D eigenvalue weighted by molar-refractivity contribution is -0.120. The van der Waals surface area contributed by atoms with Crippen LogP contribution in [-0.4, -0.2) is 24.9 Å². The van der Waals surface area contributed by atoms with E-state index in [4.69, 9.17) is 0 Å². The summed E-state index contributed by atoms with van der Waals surface area (Å²) in [6, 6.07) is 5.84. The first-order valence-corrected chi connectivity index (χ1v) is 6.69. The number of carbonyl (C=O) groups excluding carboxylic acids is 2. The van der Waals surface area contributed by atoms with Crippen LogP contribution in [-0.2, 0) is 9.59 Å². The van der Waals surface area contributed by atoms with Crippen molar-refractivity contribution in [2.24, 2.45) is 0 Å². The molecule has 0 atom stereocenters. The molecule has 4 nitrogen and oxygen atoms in total. The number of carbonyl (C=O) groups is 2. The van der Waals surface area contributed by atoms with E-state index in [1.165, 1.54) is 6.92 Å². The van der Waals surface area contributed by atoms with Crippen LogP contribution < -0.4 is 10.2 Å². The maximum Gasteiger partial charge on any atom is 0.223 e. The maximum absolute atomic E-state index is 11.8. The summed E-state index contributed by atoms with van der Waals surface area (Å²) in [5.41, 5.74) is 3.06. The van der Waals surface area contributed by atoms with Gasteiger partial charge in [0.25, 0.3) is 0 Å². The number of benzene rings is 1. The van der Waals surface area contributed by atoms with E-state index in [-0.39, 0.29) is 18.2 Å². The molecule has 1 rings (SSSR count). The van der Waals surface area contributed by atoms with Crippen LogP contribution in [0.3, 0.4) is 0 Å². The second-order valence-corrected chi connectivity index (χ2v) is 4.73. The van der Waals surface area contributed by atoms with E-state index >= 15 is 0 Å². The Labute approximate surface area is 120 Å². The van der Waals surface area contributed by atoms with Crippen molar-refractivity contribution < 1.29 is 9.59 Å². The quantitative estimate of drug-likeness (QED) is 0.810. The molecule has 1 N–H and O–H groups in total. The first kappa shape index (κ1) is 16.0. The Morgan fingerprint density at radius 3 is 2.65 bits per heavy atom. The minimum Gasteiger partial charge on any atom is -0.353 e. The lowest BCUT2D eigenvalue weighted by Gasteiger charge is -2.23. The molecule has 0 saturated carbocycles. The first-order chi connectivity index (χ1) is 9.47. The molecule has 0 fully saturated rings. The second kappa shape index (κ2) is 7.48. The van der Waals surface area contributed by atoms with Crippen molar-refractivity contribution in [3.63, 3.8) is 0 Å². The molecule has 1 aromatic carbocycles. The van der Waals surface area contributed by atoms with Gasteiger partial charge in [0, 0.05) is 32.1 Å². The van der Waals surface area contributed by atoms with E-state index in [2.05, 4.69) is 11.9 Å². The van der Waals surface area contributed by atoms with Gasteiger partial charge < -0.3 is 10.2 Å². The SMILES string of the molecule is C=CCNC(=O)CCN(C(C)=O)c1cccc(C)c1C. The van der Waals surface area contributed by atoms with Gasteiger partial charge >= 0.3 is 0 Å². The van der Waals surface area contributed by atoms with E-state index in [1.54, 1.807) is 11.0 Å². The molecule has 0 radical (unpaired) electrons. The Hall–Kier alpha value is -2.10. The minimum absolute atomic E-state index is 0.0600. The van der Waals surface area contributed by atoms with Crippen LogP contribution in [0.4, 0.5) is 5.69 Å². The first-order valence-electron chi connectivity index (χ1n) is 6.69. The zero-order valence-corrected chi connectivity index (χ0v) is 12.4. The highest BCUT2D eigenvalue weighted by atomic mass is 16.2. The summed E-state index contributed by atoms with van der Waals surface area (Å²) in [6.45, 7) is 9.88. The number of rotatable bonds is 6. The molecular formula is C16H22N2O2. The summed E-state index contributed by atoms with van der Waals surface area (Å²) < 4.78 is 0. The maximum atomic E-state index is 11.8. The topological polar surface area (TPSA) is 49.4 Å². The Morgan fingerprint density at radius 1 is 1.35 bits per heavy atom. The molecule has 4 heteroatoms. The van der Waals surface area contributed by atoms with Gasteiger partial charge in [-0.15, -0.1) is 6.58 Å². The fourth-order valence-electron chi connectivity index (χ4n) is 1.96. The number of nitrogens with one attached hydrogen (secondary N) is 1. The van der Waals surface area contributed by atoms with Gasteiger partial charge in [-0.25, -0.2) is 0 Å². The van der Waals surface area contributed by atoms with Gasteiger partial charge in [0.2, 0.25) is 11.8 Å². The molecule has 0 aliphatic heterocycles. The van der Waals surface area contributed by atoms with Crippen molar-refractivity contribution in [1.82, 2.24) is 5.32 Å². The molecule has 2 amide bonds. The van der Waals surface area contributed by atoms with Crippen molar-refractivity contribution in [1.29, 1.82) is 0 Å². The average molecular weight is 274 g/mol. The summed E-state index contributed by atoms with van der Waals surface area (Å²) in [5, 5.41) is 2.71. The monoisotopic (exact) mass is 274 g/mol. The minimum atomic E-state index is -0.0820. The Morgan fingerprint density at radius 2 is 2.05 bits per heavy atom. The molecule has 0 spiro atoms. The fraction of sp³-hybridized carbons (Fsp3) is 0.375. The van der Waals surface area contributed by atoms with Gasteiger partial charge in [-0.05, 0) is 31.0 Å². The number of anilines is 1. The lowest BCUT2D eigenvalue weighted by Crippen LogP contribution is -2.34. The molecule has 108 valence electrons. The predicted octanol–water partition coefficient (Wildman–Crippen LogP) is 2.35. The summed E-state index contributed by atoms with van der Waals surface area (Å²) in [4.78, 5) is 25.1. The highest BCUT2D eigenvalue weighted by molar-refractivity contribution is 5.93. The fourth-order valence-corrected chi connectivity index (χ4v) is 1.96. The van der Waals surface area contributed by atoms with Crippen LogP contribution in [0.25, 0.3) is 0 Å². The molecule has 0 saturated heterocycles. The molecule has 0 bridgehead atoms. The van der Waals surface area contributed by atoms with Gasteiger partial charge in [-0.1, -0.05) is 18.2 Å². The molecule has 0 aromatic heterocycles. The van der Waals surface area contributed by atoms with E-state index in [1.807, 2.05) is 32.0 Å². The lowest BCUT2D eigenvalue weighted by atomic mass is 10.1. The van der Waals surface area contributed by atoms with E-state index in [9.17, 15) is 9.59 Å². The number of nitrogens with zero attached hydrogens (tertiary/aromatic N) is 1. The van der Waals surface area contributed by atoms with Gasteiger partial charge in [0.05, 0.1) is 0 Å². The summed E-state index contributed by atoms with van der Waals surface area (Å²) in [5.74, 6) is -0.142.